The first kappa shape index (κ1) is 19.8. The number of aliphatic hydroxyl groups excluding tert-OH is 1. The maximum absolute atomic E-state index is 13.6. The van der Waals surface area contributed by atoms with Crippen LogP contribution in [0.1, 0.15) is 32.9 Å². The van der Waals surface area contributed by atoms with Gasteiger partial charge >= 0.3 is 0 Å². The Morgan fingerprint density at radius 1 is 1.25 bits per heavy atom. The van der Waals surface area contributed by atoms with E-state index in [0.717, 1.165) is 0 Å². The van der Waals surface area contributed by atoms with Gasteiger partial charge in [0.05, 0.1) is 17.7 Å². The fraction of sp³-hybridized carbons (Fsp3) is 0.300. The zero-order valence-corrected chi connectivity index (χ0v) is 15.8. The summed E-state index contributed by atoms with van der Waals surface area (Å²) in [6.07, 6.45) is 1.64. The van der Waals surface area contributed by atoms with Crippen molar-refractivity contribution in [1.82, 2.24) is 15.6 Å². The normalized spacial score (nSPS) is 14.3. The van der Waals surface area contributed by atoms with E-state index < -0.39 is 5.82 Å². The second-order valence-corrected chi connectivity index (χ2v) is 6.60. The number of aryl methyl sites for hydroxylation is 1. The largest absolute Gasteiger partial charge is 0.395 e. The molecule has 2 heterocycles. The highest BCUT2D eigenvalue weighted by Crippen LogP contribution is 2.34. The Hall–Kier alpha value is -2.97. The van der Waals surface area contributed by atoms with Crippen molar-refractivity contribution in [2.24, 2.45) is 0 Å². The Labute approximate surface area is 162 Å². The fourth-order valence-corrected chi connectivity index (χ4v) is 3.26. The standard InChI is InChI=1S/C20H23FN4O3/c1-11-17(10-15-14-9-13(21)3-4-16(14)25-19(15)27)24-12(2)18(11)20(28)23-6-5-22-7-8-26/h3-4,9-10,22,24,26H,5-8H2,1-2H3,(H,23,28)(H,25,27)/b15-10-. The predicted octanol–water partition coefficient (Wildman–Crippen LogP) is 1.58. The molecule has 1 aliphatic heterocycles. The van der Waals surface area contributed by atoms with Crippen LogP contribution in [0.4, 0.5) is 10.1 Å². The van der Waals surface area contributed by atoms with Crippen LogP contribution in [-0.2, 0) is 4.79 Å². The van der Waals surface area contributed by atoms with E-state index in [1.54, 1.807) is 19.9 Å². The Morgan fingerprint density at radius 3 is 2.79 bits per heavy atom. The number of H-pyrrole nitrogens is 1. The molecular formula is C20H23FN4O3. The zero-order chi connectivity index (χ0) is 20.3. The van der Waals surface area contributed by atoms with Crippen LogP contribution in [0.2, 0.25) is 0 Å². The molecule has 0 saturated heterocycles. The molecule has 0 fully saturated rings. The van der Waals surface area contributed by atoms with E-state index in [2.05, 4.69) is 20.9 Å². The molecule has 2 aromatic rings. The lowest BCUT2D eigenvalue weighted by molar-refractivity contribution is -0.110. The van der Waals surface area contributed by atoms with E-state index in [0.29, 0.717) is 59.0 Å². The van der Waals surface area contributed by atoms with Gasteiger partial charge < -0.3 is 26.0 Å². The van der Waals surface area contributed by atoms with Crippen molar-refractivity contribution in [3.8, 4) is 0 Å². The van der Waals surface area contributed by atoms with Crippen molar-refractivity contribution in [2.45, 2.75) is 13.8 Å². The molecule has 0 atom stereocenters. The van der Waals surface area contributed by atoms with Gasteiger partial charge in [-0.1, -0.05) is 0 Å². The highest BCUT2D eigenvalue weighted by molar-refractivity contribution is 6.34. The van der Waals surface area contributed by atoms with E-state index >= 15 is 0 Å². The number of hydrogen-bond acceptors (Lipinski definition) is 4. The summed E-state index contributed by atoms with van der Waals surface area (Å²) in [5, 5.41) is 17.3. The monoisotopic (exact) mass is 386 g/mol. The lowest BCUT2D eigenvalue weighted by Crippen LogP contribution is -2.33. The number of carbonyl (C=O) groups excluding carboxylic acids is 2. The van der Waals surface area contributed by atoms with Crippen LogP contribution in [0, 0.1) is 19.7 Å². The van der Waals surface area contributed by atoms with Crippen LogP contribution < -0.4 is 16.0 Å². The first-order valence-corrected chi connectivity index (χ1v) is 9.04. The lowest BCUT2D eigenvalue weighted by Gasteiger charge is -2.06. The number of anilines is 1. The number of benzene rings is 1. The third-order valence-electron chi connectivity index (χ3n) is 4.63. The molecule has 8 heteroatoms. The molecule has 28 heavy (non-hydrogen) atoms. The molecule has 0 aliphatic carbocycles. The Balaban J connectivity index is 1.83. The summed E-state index contributed by atoms with van der Waals surface area (Å²) in [5.41, 5.74) is 3.95. The van der Waals surface area contributed by atoms with Gasteiger partial charge in [0.1, 0.15) is 5.82 Å². The number of amides is 2. The van der Waals surface area contributed by atoms with Gasteiger partial charge in [-0.25, -0.2) is 4.39 Å². The average Bonchev–Trinajstić information content (AvgIpc) is 3.11. The smallest absolute Gasteiger partial charge is 0.256 e. The molecule has 1 aliphatic rings. The molecule has 0 radical (unpaired) electrons. The first-order valence-electron chi connectivity index (χ1n) is 9.04. The van der Waals surface area contributed by atoms with E-state index in [4.69, 9.17) is 5.11 Å². The maximum Gasteiger partial charge on any atom is 0.256 e. The summed E-state index contributed by atoms with van der Waals surface area (Å²) in [6, 6.07) is 4.14. The van der Waals surface area contributed by atoms with E-state index in [9.17, 15) is 14.0 Å². The summed E-state index contributed by atoms with van der Waals surface area (Å²) in [6.45, 7) is 5.08. The van der Waals surface area contributed by atoms with Crippen molar-refractivity contribution in [3.63, 3.8) is 0 Å². The summed E-state index contributed by atoms with van der Waals surface area (Å²) in [7, 11) is 0. The molecule has 7 nitrogen and oxygen atoms in total. The molecule has 148 valence electrons. The summed E-state index contributed by atoms with van der Waals surface area (Å²) in [5.74, 6) is -0.951. The summed E-state index contributed by atoms with van der Waals surface area (Å²) in [4.78, 5) is 27.9. The molecular weight excluding hydrogens is 363 g/mol. The van der Waals surface area contributed by atoms with Crippen molar-refractivity contribution in [2.75, 3.05) is 31.6 Å². The molecule has 1 aromatic heterocycles. The zero-order valence-electron chi connectivity index (χ0n) is 15.8. The van der Waals surface area contributed by atoms with Gasteiger partial charge in [0.15, 0.2) is 0 Å². The third kappa shape index (κ3) is 3.97. The number of fused-ring (bicyclic) bond motifs is 1. The van der Waals surface area contributed by atoms with E-state index in [1.165, 1.54) is 18.2 Å². The Morgan fingerprint density at radius 2 is 2.04 bits per heavy atom. The second-order valence-electron chi connectivity index (χ2n) is 6.60. The highest BCUT2D eigenvalue weighted by Gasteiger charge is 2.26. The summed E-state index contributed by atoms with van der Waals surface area (Å²) < 4.78 is 13.6. The van der Waals surface area contributed by atoms with Crippen molar-refractivity contribution in [3.05, 3.63) is 52.1 Å². The topological polar surface area (TPSA) is 106 Å². The van der Waals surface area contributed by atoms with E-state index in [-0.39, 0.29) is 18.4 Å². The summed E-state index contributed by atoms with van der Waals surface area (Å²) >= 11 is 0. The van der Waals surface area contributed by atoms with Crippen LogP contribution in [0.3, 0.4) is 0 Å². The molecule has 0 bridgehead atoms. The van der Waals surface area contributed by atoms with Gasteiger partial charge in [-0.3, -0.25) is 9.59 Å². The minimum atomic E-state index is -0.421. The van der Waals surface area contributed by atoms with Crippen molar-refractivity contribution in [1.29, 1.82) is 0 Å². The number of halogens is 1. The van der Waals surface area contributed by atoms with Gasteiger partial charge in [-0.05, 0) is 43.7 Å². The number of carbonyl (C=O) groups is 2. The SMILES string of the molecule is Cc1[nH]c(/C=C2\C(=O)Nc3ccc(F)cc32)c(C)c1C(=O)NCCNCCO. The number of hydrogen-bond donors (Lipinski definition) is 5. The van der Waals surface area contributed by atoms with Crippen LogP contribution in [0.5, 0.6) is 0 Å². The van der Waals surface area contributed by atoms with Crippen LogP contribution >= 0.6 is 0 Å². The van der Waals surface area contributed by atoms with E-state index in [1.807, 2.05) is 0 Å². The second kappa shape index (κ2) is 8.37. The number of nitrogens with one attached hydrogen (secondary N) is 4. The van der Waals surface area contributed by atoms with Gasteiger partial charge in [0.2, 0.25) is 0 Å². The maximum atomic E-state index is 13.6. The molecule has 0 unspecified atom stereocenters. The lowest BCUT2D eigenvalue weighted by atomic mass is 10.0. The Bertz CT molecular complexity index is 949. The molecule has 2 amide bonds. The van der Waals surface area contributed by atoms with Crippen LogP contribution in [0.15, 0.2) is 18.2 Å². The number of aliphatic hydroxyl groups is 1. The number of rotatable bonds is 7. The van der Waals surface area contributed by atoms with Gasteiger partial charge in [0.25, 0.3) is 11.8 Å². The quantitative estimate of drug-likeness (QED) is 0.368. The number of aromatic amines is 1. The Kier molecular flexibility index (Phi) is 5.91. The molecule has 0 spiro atoms. The first-order chi connectivity index (χ1) is 13.4. The van der Waals surface area contributed by atoms with Crippen LogP contribution in [-0.4, -0.2) is 48.1 Å². The number of aromatic nitrogens is 1. The molecule has 0 saturated carbocycles. The predicted molar refractivity (Wildman–Crippen MR) is 105 cm³/mol. The third-order valence-corrected chi connectivity index (χ3v) is 4.63. The van der Waals surface area contributed by atoms with Crippen LogP contribution in [0.25, 0.3) is 11.6 Å². The molecule has 5 N–H and O–H groups in total. The highest BCUT2D eigenvalue weighted by atomic mass is 19.1. The molecule has 1 aromatic carbocycles. The minimum Gasteiger partial charge on any atom is -0.395 e. The van der Waals surface area contributed by atoms with Gasteiger partial charge in [0, 0.05) is 42.3 Å². The van der Waals surface area contributed by atoms with Gasteiger partial charge in [-0.2, -0.15) is 0 Å². The minimum absolute atomic E-state index is 0.0443. The average molecular weight is 386 g/mol. The van der Waals surface area contributed by atoms with Crippen molar-refractivity contribution < 1.29 is 19.1 Å². The molecule has 3 rings (SSSR count). The van der Waals surface area contributed by atoms with Crippen molar-refractivity contribution >= 4 is 29.2 Å². The fourth-order valence-electron chi connectivity index (χ4n) is 3.26. The van der Waals surface area contributed by atoms with Gasteiger partial charge in [-0.15, -0.1) is 0 Å².